The first kappa shape index (κ1) is 67.1. The molecule has 0 saturated heterocycles. The number of carbonyl (C=O) groups excluding carboxylic acids is 3. The summed E-state index contributed by atoms with van der Waals surface area (Å²) < 4.78 is 16.9. The van der Waals surface area contributed by atoms with Crippen LogP contribution in [0.5, 0.6) is 0 Å². The van der Waals surface area contributed by atoms with Crippen molar-refractivity contribution in [3.8, 4) is 0 Å². The number of hydrogen-bond donors (Lipinski definition) is 0. The molecule has 0 N–H and O–H groups in total. The summed E-state index contributed by atoms with van der Waals surface area (Å²) in [5.41, 5.74) is 0. The minimum Gasteiger partial charge on any atom is -0.462 e. The summed E-state index contributed by atoms with van der Waals surface area (Å²) in [6.07, 6.45) is 73.7. The van der Waals surface area contributed by atoms with E-state index in [1.54, 1.807) is 0 Å². The number of allylic oxidation sites excluding steroid dienone is 10. The minimum atomic E-state index is -0.787. The summed E-state index contributed by atoms with van der Waals surface area (Å²) in [5.74, 6) is -0.901. The Hall–Kier alpha value is -2.89. The van der Waals surface area contributed by atoms with Gasteiger partial charge in [0.25, 0.3) is 0 Å². The molecule has 0 aromatic rings. The second-order valence-corrected chi connectivity index (χ2v) is 20.2. The average Bonchev–Trinajstić information content (AvgIpc) is 3.36. The van der Waals surface area contributed by atoms with Gasteiger partial charge in [0.1, 0.15) is 13.2 Å². The van der Waals surface area contributed by atoms with Crippen molar-refractivity contribution in [2.75, 3.05) is 13.2 Å². The fraction of sp³-hybridized carbons (Fsp3) is 0.797. The fourth-order valence-electron chi connectivity index (χ4n) is 8.61. The van der Waals surface area contributed by atoms with E-state index in [2.05, 4.69) is 81.5 Å². The average molecular weight is 980 g/mol. The zero-order chi connectivity index (χ0) is 50.7. The van der Waals surface area contributed by atoms with Gasteiger partial charge in [0.2, 0.25) is 0 Å². The van der Waals surface area contributed by atoms with Crippen LogP contribution < -0.4 is 0 Å². The van der Waals surface area contributed by atoms with E-state index >= 15 is 0 Å². The lowest BCUT2D eigenvalue weighted by Gasteiger charge is -2.18. The summed E-state index contributed by atoms with van der Waals surface area (Å²) in [6.45, 7) is 6.54. The van der Waals surface area contributed by atoms with Crippen LogP contribution in [-0.4, -0.2) is 37.2 Å². The van der Waals surface area contributed by atoms with E-state index in [9.17, 15) is 14.4 Å². The van der Waals surface area contributed by atoms with Gasteiger partial charge in [0, 0.05) is 19.3 Å². The van der Waals surface area contributed by atoms with E-state index in [0.29, 0.717) is 19.3 Å². The van der Waals surface area contributed by atoms with Crippen molar-refractivity contribution >= 4 is 17.9 Å². The van der Waals surface area contributed by atoms with Crippen LogP contribution in [-0.2, 0) is 28.6 Å². The van der Waals surface area contributed by atoms with Crippen molar-refractivity contribution in [2.24, 2.45) is 0 Å². The summed E-state index contributed by atoms with van der Waals surface area (Å²) >= 11 is 0. The van der Waals surface area contributed by atoms with Gasteiger partial charge in [0.05, 0.1) is 0 Å². The largest absolute Gasteiger partial charge is 0.462 e. The first-order valence-corrected chi connectivity index (χ1v) is 30.3. The first-order chi connectivity index (χ1) is 34.5. The van der Waals surface area contributed by atoms with Crippen LogP contribution in [0.1, 0.15) is 310 Å². The van der Waals surface area contributed by atoms with Gasteiger partial charge in [-0.15, -0.1) is 0 Å². The van der Waals surface area contributed by atoms with Gasteiger partial charge >= 0.3 is 17.9 Å². The third kappa shape index (κ3) is 56.0. The number of rotatable bonds is 55. The van der Waals surface area contributed by atoms with E-state index < -0.39 is 6.10 Å². The maximum atomic E-state index is 12.8. The molecule has 0 bridgehead atoms. The Labute approximate surface area is 434 Å². The van der Waals surface area contributed by atoms with E-state index in [4.69, 9.17) is 14.2 Å². The van der Waals surface area contributed by atoms with E-state index in [-0.39, 0.29) is 31.1 Å². The number of ether oxygens (including phenoxy) is 3. The molecule has 0 fully saturated rings. The van der Waals surface area contributed by atoms with Gasteiger partial charge in [-0.2, -0.15) is 0 Å². The van der Waals surface area contributed by atoms with Crippen molar-refractivity contribution in [3.63, 3.8) is 0 Å². The molecule has 406 valence electrons. The molecule has 0 aliphatic rings. The Morgan fingerprint density at radius 1 is 0.286 bits per heavy atom. The van der Waals surface area contributed by atoms with Gasteiger partial charge in [-0.1, -0.05) is 255 Å². The molecular formula is C64H114O6. The molecular weight excluding hydrogens is 865 g/mol. The van der Waals surface area contributed by atoms with Crippen molar-refractivity contribution in [1.82, 2.24) is 0 Å². The van der Waals surface area contributed by atoms with Crippen LogP contribution in [0.15, 0.2) is 60.8 Å². The van der Waals surface area contributed by atoms with Crippen LogP contribution in [0.3, 0.4) is 0 Å². The van der Waals surface area contributed by atoms with Crippen molar-refractivity contribution < 1.29 is 28.6 Å². The predicted octanol–water partition coefficient (Wildman–Crippen LogP) is 20.4. The highest BCUT2D eigenvalue weighted by atomic mass is 16.6. The van der Waals surface area contributed by atoms with E-state index in [0.717, 1.165) is 109 Å². The molecule has 0 saturated carbocycles. The second-order valence-electron chi connectivity index (χ2n) is 20.2. The first-order valence-electron chi connectivity index (χ1n) is 30.3. The van der Waals surface area contributed by atoms with E-state index in [1.807, 2.05) is 0 Å². The number of esters is 3. The monoisotopic (exact) mass is 979 g/mol. The summed E-state index contributed by atoms with van der Waals surface area (Å²) in [6, 6.07) is 0. The maximum absolute atomic E-state index is 12.8. The van der Waals surface area contributed by atoms with Crippen molar-refractivity contribution in [1.29, 1.82) is 0 Å². The Morgan fingerprint density at radius 3 is 0.900 bits per heavy atom. The smallest absolute Gasteiger partial charge is 0.306 e. The number of hydrogen-bond acceptors (Lipinski definition) is 6. The van der Waals surface area contributed by atoms with Gasteiger partial charge < -0.3 is 14.2 Å². The predicted molar refractivity (Wildman–Crippen MR) is 302 cm³/mol. The molecule has 0 aromatic carbocycles. The van der Waals surface area contributed by atoms with Crippen molar-refractivity contribution in [2.45, 2.75) is 316 Å². The zero-order valence-electron chi connectivity index (χ0n) is 46.5. The highest BCUT2D eigenvalue weighted by molar-refractivity contribution is 5.71. The van der Waals surface area contributed by atoms with Crippen molar-refractivity contribution in [3.05, 3.63) is 60.8 Å². The SMILES string of the molecule is CCC/C=C\C/C=C\CCCCCCCC(=O)OCC(COC(=O)CCCCCCCCCCCCCCC/C=C\CCCCCCCCCC)OC(=O)CCCCCCC/C=C\C/C=C\CCCC. The van der Waals surface area contributed by atoms with Gasteiger partial charge in [-0.05, 0) is 96.3 Å². The van der Waals surface area contributed by atoms with Crippen LogP contribution >= 0.6 is 0 Å². The molecule has 1 atom stereocenters. The second kappa shape index (κ2) is 58.7. The molecule has 0 aromatic heterocycles. The molecule has 0 aliphatic carbocycles. The van der Waals surface area contributed by atoms with Crippen LogP contribution in [0.25, 0.3) is 0 Å². The van der Waals surface area contributed by atoms with Crippen LogP contribution in [0, 0.1) is 0 Å². The highest BCUT2D eigenvalue weighted by Gasteiger charge is 2.19. The molecule has 0 radical (unpaired) electrons. The maximum Gasteiger partial charge on any atom is 0.306 e. The fourth-order valence-corrected chi connectivity index (χ4v) is 8.61. The third-order valence-electron chi connectivity index (χ3n) is 13.2. The minimum absolute atomic E-state index is 0.0832. The third-order valence-corrected chi connectivity index (χ3v) is 13.2. The molecule has 0 spiro atoms. The number of carbonyl (C=O) groups is 3. The molecule has 0 rings (SSSR count). The Kier molecular flexibility index (Phi) is 56.3. The molecule has 6 heteroatoms. The van der Waals surface area contributed by atoms with Gasteiger partial charge in [-0.25, -0.2) is 0 Å². The Morgan fingerprint density at radius 2 is 0.557 bits per heavy atom. The van der Waals surface area contributed by atoms with Gasteiger partial charge in [-0.3, -0.25) is 14.4 Å². The lowest BCUT2D eigenvalue weighted by molar-refractivity contribution is -0.167. The summed E-state index contributed by atoms with van der Waals surface area (Å²) in [4.78, 5) is 38.1. The standard InChI is InChI=1S/C64H114O6/c1-4-7-10-13-16-19-22-25-27-28-29-30-31-32-33-34-35-36-37-40-42-45-48-51-54-57-63(66)69-60-61(59-68-62(65)56-53-50-47-44-41-38-24-21-18-15-12-9-6-3)70-64(67)58-55-52-49-46-43-39-26-23-20-17-14-11-8-5-2/h12,14-15,17,21,23-24,26,28-29,61H,4-11,13,16,18-20,22,25,27,30-60H2,1-3H3/b15-12-,17-14-,24-21-,26-23-,29-28-. The molecule has 1 unspecified atom stereocenters. The number of unbranched alkanes of at least 4 members (excludes halogenated alkanes) is 34. The molecule has 70 heavy (non-hydrogen) atoms. The molecule has 0 aliphatic heterocycles. The topological polar surface area (TPSA) is 78.9 Å². The molecule has 0 amide bonds. The van der Waals surface area contributed by atoms with E-state index in [1.165, 1.54) is 161 Å². The summed E-state index contributed by atoms with van der Waals surface area (Å²) in [5, 5.41) is 0. The highest BCUT2D eigenvalue weighted by Crippen LogP contribution is 2.16. The Balaban J connectivity index is 4.25. The van der Waals surface area contributed by atoms with Crippen LogP contribution in [0.4, 0.5) is 0 Å². The van der Waals surface area contributed by atoms with Crippen LogP contribution in [0.2, 0.25) is 0 Å². The zero-order valence-corrected chi connectivity index (χ0v) is 46.5. The molecule has 6 nitrogen and oxygen atoms in total. The normalized spacial score (nSPS) is 12.4. The molecule has 0 heterocycles. The quantitative estimate of drug-likeness (QED) is 0.0261. The van der Waals surface area contributed by atoms with Gasteiger partial charge in [0.15, 0.2) is 6.10 Å². The Bertz CT molecular complexity index is 1260. The summed E-state index contributed by atoms with van der Waals surface area (Å²) in [7, 11) is 0. The lowest BCUT2D eigenvalue weighted by Crippen LogP contribution is -2.30. The lowest BCUT2D eigenvalue weighted by atomic mass is 10.0.